The van der Waals surface area contributed by atoms with Crippen molar-refractivity contribution in [3.63, 3.8) is 0 Å². The molecule has 0 N–H and O–H groups in total. The molecule has 0 aliphatic heterocycles. The summed E-state index contributed by atoms with van der Waals surface area (Å²) in [5, 5.41) is 8.60. The van der Waals surface area contributed by atoms with Crippen molar-refractivity contribution in [1.82, 2.24) is 4.98 Å². The van der Waals surface area contributed by atoms with Gasteiger partial charge in [0.05, 0.1) is 0 Å². The zero-order chi connectivity index (χ0) is 8.81. The van der Waals surface area contributed by atoms with Crippen molar-refractivity contribution >= 4 is 0 Å². The van der Waals surface area contributed by atoms with Crippen molar-refractivity contribution in [3.8, 4) is 11.8 Å². The molecule has 0 aliphatic rings. The van der Waals surface area contributed by atoms with Gasteiger partial charge in [0, 0.05) is 6.20 Å². The monoisotopic (exact) mass is 160 g/mol. The van der Waals surface area contributed by atoms with Crippen LogP contribution in [0.15, 0.2) is 31.0 Å². The molecule has 1 aromatic heterocycles. The van der Waals surface area contributed by atoms with Crippen LogP contribution >= 0.6 is 0 Å². The van der Waals surface area contributed by atoms with E-state index in [-0.39, 0.29) is 0 Å². The van der Waals surface area contributed by atoms with Crippen LogP contribution in [0.25, 0.3) is 0 Å². The maximum absolute atomic E-state index is 8.60. The normalized spacial score (nSPS) is 8.58. The van der Waals surface area contributed by atoms with E-state index in [2.05, 4.69) is 11.6 Å². The second-order valence-corrected chi connectivity index (χ2v) is 2.06. The van der Waals surface area contributed by atoms with E-state index in [0.717, 1.165) is 0 Å². The van der Waals surface area contributed by atoms with Gasteiger partial charge in [-0.25, -0.2) is 4.98 Å². The van der Waals surface area contributed by atoms with Gasteiger partial charge in [-0.3, -0.25) is 0 Å². The molecule has 0 aromatic carbocycles. The molecule has 1 aromatic rings. The summed E-state index contributed by atoms with van der Waals surface area (Å²) < 4.78 is 5.17. The number of ether oxygens (including phenoxy) is 1. The number of pyridine rings is 1. The molecule has 60 valence electrons. The van der Waals surface area contributed by atoms with Crippen molar-refractivity contribution in [1.29, 1.82) is 5.26 Å². The van der Waals surface area contributed by atoms with Gasteiger partial charge in [-0.1, -0.05) is 12.7 Å². The summed E-state index contributed by atoms with van der Waals surface area (Å²) in [6.07, 6.45) is 3.17. The zero-order valence-electron chi connectivity index (χ0n) is 6.53. The number of rotatable bonds is 3. The van der Waals surface area contributed by atoms with E-state index in [9.17, 15) is 0 Å². The lowest BCUT2D eigenvalue weighted by atomic mass is 10.3. The summed E-state index contributed by atoms with van der Waals surface area (Å²) >= 11 is 0. The van der Waals surface area contributed by atoms with Gasteiger partial charge in [0.15, 0.2) is 11.4 Å². The van der Waals surface area contributed by atoms with Gasteiger partial charge in [-0.2, -0.15) is 5.26 Å². The van der Waals surface area contributed by atoms with Crippen molar-refractivity contribution in [2.45, 2.75) is 0 Å². The SMILES string of the molecule is C=CCOc1cccnc1C#N. The van der Waals surface area contributed by atoms with E-state index in [4.69, 9.17) is 10.00 Å². The van der Waals surface area contributed by atoms with Crippen LogP contribution in [0.2, 0.25) is 0 Å². The quantitative estimate of drug-likeness (QED) is 0.630. The Labute approximate surface area is 70.9 Å². The molecule has 1 heterocycles. The predicted octanol–water partition coefficient (Wildman–Crippen LogP) is 1.52. The molecule has 0 fully saturated rings. The molecule has 0 bridgehead atoms. The lowest BCUT2D eigenvalue weighted by molar-refractivity contribution is 0.360. The van der Waals surface area contributed by atoms with E-state index in [1.165, 1.54) is 0 Å². The summed E-state index contributed by atoms with van der Waals surface area (Å²) in [4.78, 5) is 3.83. The van der Waals surface area contributed by atoms with Gasteiger partial charge in [-0.05, 0) is 12.1 Å². The minimum absolute atomic E-state index is 0.305. The first-order valence-electron chi connectivity index (χ1n) is 3.47. The van der Waals surface area contributed by atoms with Gasteiger partial charge in [0.25, 0.3) is 0 Å². The first kappa shape index (κ1) is 8.28. The van der Waals surface area contributed by atoms with E-state index < -0.39 is 0 Å². The average Bonchev–Trinajstić information content (AvgIpc) is 2.15. The van der Waals surface area contributed by atoms with Crippen LogP contribution in [0, 0.1) is 11.3 Å². The third kappa shape index (κ3) is 1.83. The number of nitrogens with zero attached hydrogens (tertiary/aromatic N) is 2. The van der Waals surface area contributed by atoms with Crippen LogP contribution < -0.4 is 4.74 Å². The highest BCUT2D eigenvalue weighted by molar-refractivity contribution is 5.36. The Bertz CT molecular complexity index is 315. The Morgan fingerprint density at radius 3 is 3.25 bits per heavy atom. The Balaban J connectivity index is 2.83. The maximum Gasteiger partial charge on any atom is 0.182 e. The maximum atomic E-state index is 8.60. The molecule has 3 heteroatoms. The molecule has 0 aliphatic carbocycles. The fourth-order valence-electron chi connectivity index (χ4n) is 0.740. The van der Waals surface area contributed by atoms with E-state index in [1.807, 2.05) is 6.07 Å². The van der Waals surface area contributed by atoms with E-state index in [1.54, 1.807) is 24.4 Å². The van der Waals surface area contributed by atoms with Gasteiger partial charge in [0.1, 0.15) is 12.7 Å². The molecule has 0 saturated carbocycles. The van der Waals surface area contributed by atoms with Crippen molar-refractivity contribution in [3.05, 3.63) is 36.7 Å². The number of hydrogen-bond donors (Lipinski definition) is 0. The number of hydrogen-bond acceptors (Lipinski definition) is 3. The number of nitriles is 1. The second kappa shape index (κ2) is 4.14. The Morgan fingerprint density at radius 2 is 2.58 bits per heavy atom. The molecular weight excluding hydrogens is 152 g/mol. The molecule has 0 amide bonds. The van der Waals surface area contributed by atoms with Crippen LogP contribution in [0.1, 0.15) is 5.69 Å². The largest absolute Gasteiger partial charge is 0.486 e. The molecule has 0 radical (unpaired) electrons. The molecular formula is C9H8N2O. The molecule has 12 heavy (non-hydrogen) atoms. The molecule has 1 rings (SSSR count). The van der Waals surface area contributed by atoms with Crippen LogP contribution in [-0.4, -0.2) is 11.6 Å². The fraction of sp³-hybridized carbons (Fsp3) is 0.111. The standard InChI is InChI=1S/C9H8N2O/c1-2-6-12-9-4-3-5-11-8(9)7-10/h2-5H,1,6H2. The van der Waals surface area contributed by atoms with Crippen LogP contribution in [0.3, 0.4) is 0 Å². The molecule has 0 saturated heterocycles. The minimum atomic E-state index is 0.305. The van der Waals surface area contributed by atoms with Crippen molar-refractivity contribution < 1.29 is 4.74 Å². The van der Waals surface area contributed by atoms with E-state index >= 15 is 0 Å². The minimum Gasteiger partial charge on any atom is -0.486 e. The summed E-state index contributed by atoms with van der Waals surface area (Å²) in [6, 6.07) is 5.36. The summed E-state index contributed by atoms with van der Waals surface area (Å²) in [5.74, 6) is 0.500. The lowest BCUT2D eigenvalue weighted by Gasteiger charge is -2.02. The third-order valence-corrected chi connectivity index (χ3v) is 1.23. The van der Waals surface area contributed by atoms with E-state index in [0.29, 0.717) is 18.1 Å². The lowest BCUT2D eigenvalue weighted by Crippen LogP contribution is -1.96. The first-order valence-corrected chi connectivity index (χ1v) is 3.47. The van der Waals surface area contributed by atoms with Gasteiger partial charge in [-0.15, -0.1) is 0 Å². The topological polar surface area (TPSA) is 45.9 Å². The highest BCUT2D eigenvalue weighted by Gasteiger charge is 2.00. The molecule has 0 atom stereocenters. The summed E-state index contributed by atoms with van der Waals surface area (Å²) in [6.45, 7) is 3.89. The van der Waals surface area contributed by atoms with Gasteiger partial charge < -0.3 is 4.74 Å². The first-order chi connectivity index (χ1) is 5.88. The summed E-state index contributed by atoms with van der Waals surface area (Å²) in [5.41, 5.74) is 0.305. The zero-order valence-corrected chi connectivity index (χ0v) is 6.53. The third-order valence-electron chi connectivity index (χ3n) is 1.23. The Morgan fingerprint density at radius 1 is 1.75 bits per heavy atom. The molecule has 3 nitrogen and oxygen atoms in total. The highest BCUT2D eigenvalue weighted by Crippen LogP contribution is 2.13. The summed E-state index contributed by atoms with van der Waals surface area (Å²) in [7, 11) is 0. The van der Waals surface area contributed by atoms with Crippen LogP contribution in [-0.2, 0) is 0 Å². The molecule has 0 unspecified atom stereocenters. The smallest absolute Gasteiger partial charge is 0.182 e. The average molecular weight is 160 g/mol. The van der Waals surface area contributed by atoms with Crippen LogP contribution in [0.4, 0.5) is 0 Å². The van der Waals surface area contributed by atoms with Gasteiger partial charge in [0.2, 0.25) is 0 Å². The molecule has 0 spiro atoms. The second-order valence-electron chi connectivity index (χ2n) is 2.06. The fourth-order valence-corrected chi connectivity index (χ4v) is 0.740. The number of aromatic nitrogens is 1. The Kier molecular flexibility index (Phi) is 2.86. The Hall–Kier alpha value is -1.82. The van der Waals surface area contributed by atoms with Crippen LogP contribution in [0.5, 0.6) is 5.75 Å². The van der Waals surface area contributed by atoms with Crippen molar-refractivity contribution in [2.24, 2.45) is 0 Å². The van der Waals surface area contributed by atoms with Crippen molar-refractivity contribution in [2.75, 3.05) is 6.61 Å². The highest BCUT2D eigenvalue weighted by atomic mass is 16.5. The predicted molar refractivity (Wildman–Crippen MR) is 44.6 cm³/mol. The van der Waals surface area contributed by atoms with Gasteiger partial charge >= 0.3 is 0 Å².